The lowest BCUT2D eigenvalue weighted by Crippen LogP contribution is -2.18. The lowest BCUT2D eigenvalue weighted by Gasteiger charge is -2.30. The zero-order valence-corrected chi connectivity index (χ0v) is 28.6. The van der Waals surface area contributed by atoms with E-state index in [9.17, 15) is 0 Å². The van der Waals surface area contributed by atoms with Gasteiger partial charge in [-0.2, -0.15) is 0 Å². The second-order valence-corrected chi connectivity index (χ2v) is 13.7. The van der Waals surface area contributed by atoms with Crippen LogP contribution in [0, 0.1) is 0 Å². The van der Waals surface area contributed by atoms with Gasteiger partial charge in [-0.05, 0) is 92.9 Å². The second kappa shape index (κ2) is 12.6. The van der Waals surface area contributed by atoms with Crippen LogP contribution in [0.3, 0.4) is 0 Å². The Morgan fingerprint density at radius 1 is 0.481 bits per heavy atom. The molecule has 9 aromatic rings. The lowest BCUT2D eigenvalue weighted by atomic mass is 9.88. The molecule has 2 heteroatoms. The maximum Gasteiger partial charge on any atom is 0.135 e. The molecule has 1 aliphatic carbocycles. The molecule has 0 fully saturated rings. The number of furan rings is 1. The Bertz CT molecular complexity index is 2830. The Morgan fingerprint density at radius 3 is 2.02 bits per heavy atom. The van der Waals surface area contributed by atoms with Crippen molar-refractivity contribution >= 4 is 54.9 Å². The zero-order chi connectivity index (χ0) is 34.4. The van der Waals surface area contributed by atoms with E-state index in [1.165, 1.54) is 55.1 Å². The van der Waals surface area contributed by atoms with E-state index in [-0.39, 0.29) is 5.92 Å². The molecule has 0 saturated carbocycles. The summed E-state index contributed by atoms with van der Waals surface area (Å²) in [6.07, 6.45) is 8.03. The van der Waals surface area contributed by atoms with Gasteiger partial charge in [0.2, 0.25) is 0 Å². The fourth-order valence-corrected chi connectivity index (χ4v) is 8.00. The fraction of sp³-hybridized carbons (Fsp3) is 0.0400. The second-order valence-electron chi connectivity index (χ2n) is 13.7. The highest BCUT2D eigenvalue weighted by Gasteiger charge is 2.21. The van der Waals surface area contributed by atoms with Gasteiger partial charge in [0.25, 0.3) is 0 Å². The SMILES string of the molecule is C1=CC(N(c2ccc(-c3ccc4oc5ccccc5c4c3)cc2)c2cccc3ccccc23)=CC(c2cccc(-c3cccc4ccccc34)c2)C1. The molecule has 52 heavy (non-hydrogen) atoms. The average molecular weight is 666 g/mol. The van der Waals surface area contributed by atoms with E-state index in [4.69, 9.17) is 4.42 Å². The van der Waals surface area contributed by atoms with Gasteiger partial charge in [-0.15, -0.1) is 0 Å². The summed E-state index contributed by atoms with van der Waals surface area (Å²) in [5, 5.41) is 7.28. The summed E-state index contributed by atoms with van der Waals surface area (Å²) >= 11 is 0. The van der Waals surface area contributed by atoms with Gasteiger partial charge >= 0.3 is 0 Å². The van der Waals surface area contributed by atoms with Gasteiger partial charge in [-0.25, -0.2) is 0 Å². The predicted molar refractivity (Wildman–Crippen MR) is 219 cm³/mol. The molecule has 1 atom stereocenters. The Kier molecular flexibility index (Phi) is 7.32. The van der Waals surface area contributed by atoms with Gasteiger partial charge in [0, 0.05) is 33.5 Å². The van der Waals surface area contributed by atoms with Crippen LogP contribution in [0.4, 0.5) is 11.4 Å². The molecular formula is C50H35NO. The van der Waals surface area contributed by atoms with Crippen LogP contribution in [0.25, 0.3) is 65.7 Å². The molecule has 1 aromatic heterocycles. The number of anilines is 2. The molecule has 0 radical (unpaired) electrons. The highest BCUT2D eigenvalue weighted by Crippen LogP contribution is 2.41. The highest BCUT2D eigenvalue weighted by molar-refractivity contribution is 6.06. The number of allylic oxidation sites excluding steroid dienone is 3. The number of nitrogens with zero attached hydrogens (tertiary/aromatic N) is 1. The molecule has 8 aromatic carbocycles. The monoisotopic (exact) mass is 665 g/mol. The van der Waals surface area contributed by atoms with Crippen LogP contribution in [0.1, 0.15) is 17.9 Å². The Morgan fingerprint density at radius 2 is 1.15 bits per heavy atom. The third-order valence-electron chi connectivity index (χ3n) is 10.6. The zero-order valence-electron chi connectivity index (χ0n) is 28.6. The molecule has 0 saturated heterocycles. The first-order valence-electron chi connectivity index (χ1n) is 18.0. The van der Waals surface area contributed by atoms with E-state index in [0.717, 1.165) is 39.7 Å². The molecule has 1 unspecified atom stereocenters. The Labute approximate surface area is 303 Å². The van der Waals surface area contributed by atoms with E-state index in [1.54, 1.807) is 0 Å². The Balaban J connectivity index is 1.06. The number of hydrogen-bond donors (Lipinski definition) is 0. The summed E-state index contributed by atoms with van der Waals surface area (Å²) in [5.41, 5.74) is 11.5. The van der Waals surface area contributed by atoms with Crippen molar-refractivity contribution in [2.24, 2.45) is 0 Å². The summed E-state index contributed by atoms with van der Waals surface area (Å²) in [7, 11) is 0. The number of benzene rings is 8. The number of para-hydroxylation sites is 1. The van der Waals surface area contributed by atoms with Gasteiger partial charge in [0.05, 0.1) is 5.69 Å². The summed E-state index contributed by atoms with van der Waals surface area (Å²) in [6, 6.07) is 63.4. The maximum absolute atomic E-state index is 6.11. The van der Waals surface area contributed by atoms with E-state index < -0.39 is 0 Å². The van der Waals surface area contributed by atoms with Crippen molar-refractivity contribution in [3.63, 3.8) is 0 Å². The summed E-state index contributed by atoms with van der Waals surface area (Å²) < 4.78 is 6.11. The van der Waals surface area contributed by atoms with Crippen molar-refractivity contribution in [1.82, 2.24) is 0 Å². The molecular weight excluding hydrogens is 631 g/mol. The first-order chi connectivity index (χ1) is 25.8. The number of rotatable bonds is 6. The number of fused-ring (bicyclic) bond motifs is 5. The molecule has 246 valence electrons. The van der Waals surface area contributed by atoms with E-state index >= 15 is 0 Å². The van der Waals surface area contributed by atoms with Crippen LogP contribution in [-0.2, 0) is 0 Å². The smallest absolute Gasteiger partial charge is 0.135 e. The minimum absolute atomic E-state index is 0.239. The quantitative estimate of drug-likeness (QED) is 0.176. The predicted octanol–water partition coefficient (Wildman–Crippen LogP) is 14.0. The van der Waals surface area contributed by atoms with Crippen LogP contribution in [0.2, 0.25) is 0 Å². The normalized spacial score (nSPS) is 14.3. The standard InChI is InChI=1S/C50H35NO/c1-3-19-43-35(11-1)13-9-22-44(43)40-17-7-15-37(31-40)38-16-8-18-42(32-38)51(48-23-10-14-36-12-2-4-20-45(36)48)41-28-25-34(26-29-41)39-27-30-50-47(33-39)46-21-5-6-24-49(46)52-50/h1-15,17-33,38H,16H2. The average Bonchev–Trinajstić information content (AvgIpc) is 3.59. The topological polar surface area (TPSA) is 16.4 Å². The minimum Gasteiger partial charge on any atom is -0.456 e. The van der Waals surface area contributed by atoms with Crippen LogP contribution in [0.5, 0.6) is 0 Å². The number of hydrogen-bond acceptors (Lipinski definition) is 2. The van der Waals surface area contributed by atoms with Crippen LogP contribution in [-0.4, -0.2) is 0 Å². The highest BCUT2D eigenvalue weighted by atomic mass is 16.3. The molecule has 1 heterocycles. The van der Waals surface area contributed by atoms with Crippen molar-refractivity contribution < 1.29 is 4.42 Å². The van der Waals surface area contributed by atoms with Crippen LogP contribution < -0.4 is 4.90 Å². The van der Waals surface area contributed by atoms with E-state index in [1.807, 2.05) is 12.1 Å². The third-order valence-corrected chi connectivity index (χ3v) is 10.6. The first kappa shape index (κ1) is 30.2. The minimum atomic E-state index is 0.239. The van der Waals surface area contributed by atoms with Gasteiger partial charge in [-0.1, -0.05) is 152 Å². The first-order valence-corrected chi connectivity index (χ1v) is 18.0. The van der Waals surface area contributed by atoms with Crippen molar-refractivity contribution in [3.8, 4) is 22.3 Å². The van der Waals surface area contributed by atoms with Crippen LogP contribution >= 0.6 is 0 Å². The van der Waals surface area contributed by atoms with Crippen molar-refractivity contribution in [2.45, 2.75) is 12.3 Å². The van der Waals surface area contributed by atoms with Gasteiger partial charge < -0.3 is 9.32 Å². The summed E-state index contributed by atoms with van der Waals surface area (Å²) in [4.78, 5) is 2.43. The van der Waals surface area contributed by atoms with Crippen LogP contribution in [0.15, 0.2) is 204 Å². The maximum atomic E-state index is 6.11. The fourth-order valence-electron chi connectivity index (χ4n) is 8.00. The molecule has 0 spiro atoms. The molecule has 2 nitrogen and oxygen atoms in total. The lowest BCUT2D eigenvalue weighted by molar-refractivity contribution is 0.669. The van der Waals surface area contributed by atoms with E-state index in [2.05, 4.69) is 187 Å². The Hall–Kier alpha value is -6.64. The van der Waals surface area contributed by atoms with Crippen molar-refractivity contribution in [3.05, 3.63) is 205 Å². The van der Waals surface area contributed by atoms with Gasteiger partial charge in [-0.3, -0.25) is 0 Å². The third kappa shape index (κ3) is 5.28. The molecule has 0 aliphatic heterocycles. The van der Waals surface area contributed by atoms with E-state index in [0.29, 0.717) is 0 Å². The summed E-state index contributed by atoms with van der Waals surface area (Å²) in [6.45, 7) is 0. The molecule has 0 bridgehead atoms. The summed E-state index contributed by atoms with van der Waals surface area (Å²) in [5.74, 6) is 0.239. The molecule has 1 aliphatic rings. The van der Waals surface area contributed by atoms with Crippen molar-refractivity contribution in [1.29, 1.82) is 0 Å². The molecule has 10 rings (SSSR count). The van der Waals surface area contributed by atoms with Gasteiger partial charge in [0.15, 0.2) is 0 Å². The largest absolute Gasteiger partial charge is 0.456 e. The molecule has 0 N–H and O–H groups in total. The molecule has 0 amide bonds. The van der Waals surface area contributed by atoms with Gasteiger partial charge in [0.1, 0.15) is 11.2 Å². The van der Waals surface area contributed by atoms with Crippen molar-refractivity contribution in [2.75, 3.05) is 4.90 Å².